The van der Waals surface area contributed by atoms with Gasteiger partial charge in [0.2, 0.25) is 0 Å². The van der Waals surface area contributed by atoms with E-state index in [1.165, 1.54) is 25.1 Å². The molecule has 0 bridgehead atoms. The van der Waals surface area contributed by atoms with Crippen LogP contribution in [0.15, 0.2) is 41.6 Å². The van der Waals surface area contributed by atoms with Crippen molar-refractivity contribution in [3.8, 4) is 0 Å². The number of sulfonamides is 1. The number of nitrogens with one attached hydrogen (secondary N) is 1. The van der Waals surface area contributed by atoms with E-state index >= 15 is 0 Å². The van der Waals surface area contributed by atoms with E-state index in [-0.39, 0.29) is 21.7 Å². The number of nitrogens with zero attached hydrogens (tertiary/aromatic N) is 1. The Morgan fingerprint density at radius 1 is 1.33 bits per heavy atom. The first kappa shape index (κ1) is 14.9. The number of hydrogen-bond donors (Lipinski definition) is 2. The summed E-state index contributed by atoms with van der Waals surface area (Å²) in [5.74, 6) is -1.95. The fourth-order valence-corrected chi connectivity index (χ4v) is 2.82. The lowest BCUT2D eigenvalue weighted by Gasteiger charge is -2.12. The van der Waals surface area contributed by atoms with Crippen LogP contribution in [0.4, 0.5) is 10.1 Å². The van der Waals surface area contributed by atoms with Gasteiger partial charge in [0, 0.05) is 6.20 Å². The van der Waals surface area contributed by atoms with Gasteiger partial charge in [0.05, 0.1) is 17.4 Å². The summed E-state index contributed by atoms with van der Waals surface area (Å²) in [6, 6.07) is 5.02. The molecule has 0 unspecified atom stereocenters. The minimum absolute atomic E-state index is 0.0208. The van der Waals surface area contributed by atoms with Crippen LogP contribution in [-0.2, 0) is 10.0 Å². The first-order valence-corrected chi connectivity index (χ1v) is 7.26. The Balaban J connectivity index is 2.42. The van der Waals surface area contributed by atoms with E-state index in [4.69, 9.17) is 5.11 Å². The Kier molecular flexibility index (Phi) is 3.90. The highest BCUT2D eigenvalue weighted by Crippen LogP contribution is 2.22. The number of benzene rings is 1. The highest BCUT2D eigenvalue weighted by molar-refractivity contribution is 7.92. The molecule has 2 aromatic rings. The lowest BCUT2D eigenvalue weighted by Crippen LogP contribution is -2.15. The van der Waals surface area contributed by atoms with Crippen molar-refractivity contribution in [2.45, 2.75) is 11.8 Å². The molecule has 8 heteroatoms. The fourth-order valence-electron chi connectivity index (χ4n) is 1.72. The number of anilines is 1. The molecule has 2 N–H and O–H groups in total. The first-order chi connectivity index (χ1) is 9.81. The van der Waals surface area contributed by atoms with Crippen molar-refractivity contribution in [2.75, 3.05) is 4.72 Å². The van der Waals surface area contributed by atoms with Gasteiger partial charge in [0.15, 0.2) is 0 Å². The van der Waals surface area contributed by atoms with Gasteiger partial charge in [-0.3, -0.25) is 9.71 Å². The van der Waals surface area contributed by atoms with Gasteiger partial charge in [-0.2, -0.15) is 0 Å². The molecule has 0 saturated carbocycles. The van der Waals surface area contributed by atoms with Gasteiger partial charge < -0.3 is 5.11 Å². The number of halogens is 1. The molecule has 1 heterocycles. The summed E-state index contributed by atoms with van der Waals surface area (Å²) in [6.45, 7) is 1.48. The lowest BCUT2D eigenvalue weighted by atomic mass is 10.1. The van der Waals surface area contributed by atoms with Crippen LogP contribution in [-0.4, -0.2) is 24.5 Å². The molecule has 1 aromatic heterocycles. The summed E-state index contributed by atoms with van der Waals surface area (Å²) in [4.78, 5) is 14.1. The molecule has 2 rings (SSSR count). The Labute approximate surface area is 120 Å². The van der Waals surface area contributed by atoms with Gasteiger partial charge in [-0.1, -0.05) is 6.07 Å². The monoisotopic (exact) mass is 310 g/mol. The lowest BCUT2D eigenvalue weighted by molar-refractivity contribution is 0.0696. The Bertz CT molecular complexity index is 806. The SMILES string of the molecule is Cc1c(NS(=O)(=O)c2cncc(F)c2)cccc1C(=O)O. The van der Waals surface area contributed by atoms with Crippen LogP contribution in [0.5, 0.6) is 0 Å². The second-order valence-electron chi connectivity index (χ2n) is 4.23. The number of aromatic carboxylic acids is 1. The quantitative estimate of drug-likeness (QED) is 0.900. The zero-order valence-electron chi connectivity index (χ0n) is 10.9. The third-order valence-corrected chi connectivity index (χ3v) is 4.13. The van der Waals surface area contributed by atoms with Crippen molar-refractivity contribution < 1.29 is 22.7 Å². The van der Waals surface area contributed by atoms with Gasteiger partial charge in [0.1, 0.15) is 10.7 Å². The number of carbonyl (C=O) groups is 1. The number of carboxylic acids is 1. The van der Waals surface area contributed by atoms with Crippen molar-refractivity contribution in [1.82, 2.24) is 4.98 Å². The molecule has 0 aliphatic heterocycles. The summed E-state index contributed by atoms with van der Waals surface area (Å²) >= 11 is 0. The number of rotatable bonds is 4. The van der Waals surface area contributed by atoms with E-state index in [1.807, 2.05) is 0 Å². The first-order valence-electron chi connectivity index (χ1n) is 5.77. The molecule has 0 amide bonds. The summed E-state index contributed by atoms with van der Waals surface area (Å²) in [6.07, 6.45) is 1.89. The molecule has 0 radical (unpaired) electrons. The highest BCUT2D eigenvalue weighted by Gasteiger charge is 2.18. The average molecular weight is 310 g/mol. The second-order valence-corrected chi connectivity index (χ2v) is 5.91. The summed E-state index contributed by atoms with van der Waals surface area (Å²) in [5, 5.41) is 9.01. The predicted octanol–water partition coefficient (Wildman–Crippen LogP) is 2.03. The third kappa shape index (κ3) is 3.16. The van der Waals surface area contributed by atoms with Crippen LogP contribution in [0.2, 0.25) is 0 Å². The number of carboxylic acid groups (broad SMARTS) is 1. The largest absolute Gasteiger partial charge is 0.478 e. The van der Waals surface area contributed by atoms with Crippen LogP contribution in [0.1, 0.15) is 15.9 Å². The van der Waals surface area contributed by atoms with Crippen molar-refractivity contribution in [2.24, 2.45) is 0 Å². The van der Waals surface area contributed by atoms with E-state index in [0.717, 1.165) is 18.5 Å². The molecule has 0 spiro atoms. The summed E-state index contributed by atoms with van der Waals surface area (Å²) < 4.78 is 39.5. The van der Waals surface area contributed by atoms with Crippen molar-refractivity contribution in [3.63, 3.8) is 0 Å². The van der Waals surface area contributed by atoms with Gasteiger partial charge in [-0.05, 0) is 30.7 Å². The molecular weight excluding hydrogens is 299 g/mol. The molecule has 0 atom stereocenters. The number of aromatic nitrogens is 1. The van der Waals surface area contributed by atoms with Crippen LogP contribution in [0.3, 0.4) is 0 Å². The fraction of sp³-hybridized carbons (Fsp3) is 0.0769. The standard InChI is InChI=1S/C13H11FN2O4S/c1-8-11(13(17)18)3-2-4-12(8)16-21(19,20)10-5-9(14)6-15-7-10/h2-7,16H,1H3,(H,17,18). The molecule has 0 fully saturated rings. The summed E-state index contributed by atoms with van der Waals surface area (Å²) in [5.41, 5.74) is 0.352. The minimum atomic E-state index is -4.05. The average Bonchev–Trinajstić information content (AvgIpc) is 2.40. The van der Waals surface area contributed by atoms with Gasteiger partial charge in [-0.15, -0.1) is 0 Å². The van der Waals surface area contributed by atoms with Crippen LogP contribution in [0.25, 0.3) is 0 Å². The molecule has 0 aliphatic rings. The van der Waals surface area contributed by atoms with E-state index in [0.29, 0.717) is 0 Å². The Morgan fingerprint density at radius 3 is 2.67 bits per heavy atom. The van der Waals surface area contributed by atoms with Crippen molar-refractivity contribution in [3.05, 3.63) is 53.6 Å². The maximum Gasteiger partial charge on any atom is 0.336 e. The normalized spacial score (nSPS) is 11.1. The molecule has 6 nitrogen and oxygen atoms in total. The highest BCUT2D eigenvalue weighted by atomic mass is 32.2. The van der Waals surface area contributed by atoms with Crippen molar-refractivity contribution in [1.29, 1.82) is 0 Å². The maximum atomic E-state index is 13.1. The molecule has 1 aromatic carbocycles. The minimum Gasteiger partial charge on any atom is -0.478 e. The zero-order valence-corrected chi connectivity index (χ0v) is 11.7. The topological polar surface area (TPSA) is 96.4 Å². The van der Waals surface area contributed by atoms with E-state index in [1.54, 1.807) is 0 Å². The predicted molar refractivity (Wildman–Crippen MR) is 73.1 cm³/mol. The van der Waals surface area contributed by atoms with Crippen molar-refractivity contribution >= 4 is 21.7 Å². The molecule has 21 heavy (non-hydrogen) atoms. The molecule has 0 saturated heterocycles. The van der Waals surface area contributed by atoms with E-state index in [9.17, 15) is 17.6 Å². The van der Waals surface area contributed by atoms with Gasteiger partial charge >= 0.3 is 5.97 Å². The van der Waals surface area contributed by atoms with Gasteiger partial charge in [-0.25, -0.2) is 17.6 Å². The van der Waals surface area contributed by atoms with Crippen LogP contribution >= 0.6 is 0 Å². The molecule has 0 aliphatic carbocycles. The Hall–Kier alpha value is -2.48. The second kappa shape index (κ2) is 5.49. The van der Waals surface area contributed by atoms with Crippen LogP contribution < -0.4 is 4.72 Å². The summed E-state index contributed by atoms with van der Waals surface area (Å²) in [7, 11) is -4.05. The molecule has 110 valence electrons. The van der Waals surface area contributed by atoms with E-state index < -0.39 is 21.8 Å². The van der Waals surface area contributed by atoms with Gasteiger partial charge in [0.25, 0.3) is 10.0 Å². The molecular formula is C13H11FN2O4S. The zero-order chi connectivity index (χ0) is 15.6. The van der Waals surface area contributed by atoms with Crippen LogP contribution in [0, 0.1) is 12.7 Å². The van der Waals surface area contributed by atoms with E-state index in [2.05, 4.69) is 9.71 Å². The smallest absolute Gasteiger partial charge is 0.336 e. The number of pyridine rings is 1. The number of hydrogen-bond acceptors (Lipinski definition) is 4. The maximum absolute atomic E-state index is 13.1. The Morgan fingerprint density at radius 2 is 2.05 bits per heavy atom. The third-order valence-electron chi connectivity index (χ3n) is 2.80.